The van der Waals surface area contributed by atoms with Crippen LogP contribution in [0.4, 0.5) is 0 Å². The number of fused-ring (bicyclic) bond motifs is 3. The molecule has 0 radical (unpaired) electrons. The Bertz CT molecular complexity index is 892. The Morgan fingerprint density at radius 1 is 1.27 bits per heavy atom. The number of nitrogens with zero attached hydrogens (tertiary/aromatic N) is 4. The average molecular weight is 300 g/mol. The maximum absolute atomic E-state index is 12.7. The fourth-order valence-electron chi connectivity index (χ4n) is 2.72. The zero-order valence-electron chi connectivity index (χ0n) is 13.3. The van der Waals surface area contributed by atoms with Crippen LogP contribution in [0, 0.1) is 0 Å². The van der Waals surface area contributed by atoms with Crippen molar-refractivity contribution < 1.29 is 4.74 Å². The molecule has 0 atom stereocenters. The molecule has 0 bridgehead atoms. The molecule has 2 aromatic heterocycles. The van der Waals surface area contributed by atoms with E-state index in [1.807, 2.05) is 48.8 Å². The topological polar surface area (TPSA) is 52.3 Å². The molecule has 3 rings (SSSR count). The van der Waals surface area contributed by atoms with Crippen LogP contribution in [-0.4, -0.2) is 47.0 Å². The molecule has 0 aliphatic carbocycles. The summed E-state index contributed by atoms with van der Waals surface area (Å²) in [6, 6.07) is 5.82. The molecule has 0 aliphatic rings. The van der Waals surface area contributed by atoms with E-state index in [1.54, 1.807) is 13.3 Å². The smallest absolute Gasteiger partial charge is 0.291 e. The molecule has 0 amide bonds. The standard InChI is InChI=1S/C16H20N4O2/c1-18(2)7-8-20-16(21)15-13(10-17-20)12-6-5-11(22-4)9-14(12)19(15)3/h5-6,9-10H,7-8H2,1-4H3. The minimum absolute atomic E-state index is 0.0583. The van der Waals surface area contributed by atoms with Crippen LogP contribution in [0.25, 0.3) is 21.8 Å². The van der Waals surface area contributed by atoms with E-state index in [-0.39, 0.29) is 5.56 Å². The van der Waals surface area contributed by atoms with Crippen molar-refractivity contribution in [3.05, 3.63) is 34.7 Å². The second-order valence-corrected chi connectivity index (χ2v) is 5.68. The summed E-state index contributed by atoms with van der Waals surface area (Å²) < 4.78 is 8.72. The summed E-state index contributed by atoms with van der Waals surface area (Å²) in [7, 11) is 7.50. The van der Waals surface area contributed by atoms with Gasteiger partial charge in [-0.25, -0.2) is 4.68 Å². The van der Waals surface area contributed by atoms with Gasteiger partial charge in [-0.3, -0.25) is 4.79 Å². The van der Waals surface area contributed by atoms with Crippen molar-refractivity contribution in [2.24, 2.45) is 7.05 Å². The summed E-state index contributed by atoms with van der Waals surface area (Å²) >= 11 is 0. The number of hydrogen-bond donors (Lipinski definition) is 0. The SMILES string of the molecule is COc1ccc2c3cnn(CCN(C)C)c(=O)c3n(C)c2c1. The zero-order valence-corrected chi connectivity index (χ0v) is 13.3. The van der Waals surface area contributed by atoms with Gasteiger partial charge in [-0.05, 0) is 26.2 Å². The van der Waals surface area contributed by atoms with Crippen molar-refractivity contribution in [1.29, 1.82) is 0 Å². The Balaban J connectivity index is 2.23. The molecular weight excluding hydrogens is 280 g/mol. The second kappa shape index (κ2) is 5.46. The number of ether oxygens (including phenoxy) is 1. The van der Waals surface area contributed by atoms with Gasteiger partial charge < -0.3 is 14.2 Å². The first-order chi connectivity index (χ1) is 10.5. The Hall–Kier alpha value is -2.34. The van der Waals surface area contributed by atoms with E-state index < -0.39 is 0 Å². The van der Waals surface area contributed by atoms with Crippen LogP contribution in [0.5, 0.6) is 5.75 Å². The van der Waals surface area contributed by atoms with Gasteiger partial charge in [0.05, 0.1) is 25.4 Å². The third kappa shape index (κ3) is 2.25. The Morgan fingerprint density at radius 2 is 2.05 bits per heavy atom. The molecule has 6 heteroatoms. The summed E-state index contributed by atoms with van der Waals surface area (Å²) in [5.74, 6) is 0.777. The maximum atomic E-state index is 12.7. The van der Waals surface area contributed by atoms with Crippen LogP contribution in [-0.2, 0) is 13.6 Å². The normalized spacial score (nSPS) is 11.7. The van der Waals surface area contributed by atoms with Crippen molar-refractivity contribution in [3.8, 4) is 5.75 Å². The van der Waals surface area contributed by atoms with Crippen LogP contribution in [0.1, 0.15) is 0 Å². The molecule has 3 aromatic rings. The van der Waals surface area contributed by atoms with Gasteiger partial charge >= 0.3 is 0 Å². The highest BCUT2D eigenvalue weighted by Gasteiger charge is 2.14. The molecule has 1 aromatic carbocycles. The number of likely N-dealkylation sites (N-methyl/N-ethyl adjacent to an activating group) is 1. The van der Waals surface area contributed by atoms with Crippen LogP contribution in [0.2, 0.25) is 0 Å². The van der Waals surface area contributed by atoms with Crippen molar-refractivity contribution in [2.75, 3.05) is 27.7 Å². The van der Waals surface area contributed by atoms with Crippen molar-refractivity contribution in [1.82, 2.24) is 19.2 Å². The lowest BCUT2D eigenvalue weighted by Gasteiger charge is -2.10. The zero-order chi connectivity index (χ0) is 15.9. The van der Waals surface area contributed by atoms with E-state index in [9.17, 15) is 4.79 Å². The molecule has 22 heavy (non-hydrogen) atoms. The third-order valence-electron chi connectivity index (χ3n) is 3.97. The fraction of sp³-hybridized carbons (Fsp3) is 0.375. The fourth-order valence-corrected chi connectivity index (χ4v) is 2.72. The summed E-state index contributed by atoms with van der Waals surface area (Å²) in [4.78, 5) is 14.7. The highest BCUT2D eigenvalue weighted by atomic mass is 16.5. The number of aryl methyl sites for hydroxylation is 1. The molecule has 0 aliphatic heterocycles. The molecule has 0 N–H and O–H groups in total. The van der Waals surface area contributed by atoms with Crippen LogP contribution < -0.4 is 10.3 Å². The molecule has 0 unspecified atom stereocenters. The van der Waals surface area contributed by atoms with Crippen molar-refractivity contribution >= 4 is 21.8 Å². The predicted octanol–water partition coefficient (Wildman–Crippen LogP) is 1.46. The molecule has 0 saturated heterocycles. The number of rotatable bonds is 4. The van der Waals surface area contributed by atoms with E-state index in [2.05, 4.69) is 5.10 Å². The van der Waals surface area contributed by atoms with Gasteiger partial charge in [0.15, 0.2) is 0 Å². The number of benzene rings is 1. The average Bonchev–Trinajstić information content (AvgIpc) is 2.79. The first-order valence-electron chi connectivity index (χ1n) is 7.20. The van der Waals surface area contributed by atoms with Crippen molar-refractivity contribution in [2.45, 2.75) is 6.54 Å². The second-order valence-electron chi connectivity index (χ2n) is 5.68. The number of methoxy groups -OCH3 is 1. The quantitative estimate of drug-likeness (QED) is 0.732. The summed E-state index contributed by atoms with van der Waals surface area (Å²) in [5, 5.41) is 6.21. The highest BCUT2D eigenvalue weighted by molar-refractivity contribution is 6.07. The first-order valence-corrected chi connectivity index (χ1v) is 7.20. The Kier molecular flexibility index (Phi) is 3.62. The van der Waals surface area contributed by atoms with E-state index in [4.69, 9.17) is 4.74 Å². The lowest BCUT2D eigenvalue weighted by Crippen LogP contribution is -2.29. The minimum atomic E-state index is -0.0583. The van der Waals surface area contributed by atoms with Crippen LogP contribution in [0.3, 0.4) is 0 Å². The Morgan fingerprint density at radius 3 is 2.73 bits per heavy atom. The van der Waals surface area contributed by atoms with E-state index in [0.717, 1.165) is 28.6 Å². The van der Waals surface area contributed by atoms with E-state index in [1.165, 1.54) is 4.68 Å². The molecule has 2 heterocycles. The summed E-state index contributed by atoms with van der Waals surface area (Å²) in [5.41, 5.74) is 1.59. The van der Waals surface area contributed by atoms with Gasteiger partial charge in [0.1, 0.15) is 11.3 Å². The molecule has 0 spiro atoms. The molecular formula is C16H20N4O2. The molecule has 116 valence electrons. The lowest BCUT2D eigenvalue weighted by molar-refractivity contribution is 0.368. The minimum Gasteiger partial charge on any atom is -0.497 e. The van der Waals surface area contributed by atoms with E-state index in [0.29, 0.717) is 12.1 Å². The number of aromatic nitrogens is 3. The monoisotopic (exact) mass is 300 g/mol. The number of hydrogen-bond acceptors (Lipinski definition) is 4. The van der Waals surface area contributed by atoms with Gasteiger partial charge in [0.25, 0.3) is 5.56 Å². The highest BCUT2D eigenvalue weighted by Crippen LogP contribution is 2.28. The van der Waals surface area contributed by atoms with Crippen LogP contribution in [0.15, 0.2) is 29.2 Å². The maximum Gasteiger partial charge on any atom is 0.291 e. The molecule has 0 saturated carbocycles. The van der Waals surface area contributed by atoms with Crippen LogP contribution >= 0.6 is 0 Å². The first kappa shape index (κ1) is 14.6. The van der Waals surface area contributed by atoms with Gasteiger partial charge in [-0.15, -0.1) is 0 Å². The van der Waals surface area contributed by atoms with Gasteiger partial charge in [0.2, 0.25) is 0 Å². The lowest BCUT2D eigenvalue weighted by atomic mass is 10.2. The van der Waals surface area contributed by atoms with E-state index >= 15 is 0 Å². The van der Waals surface area contributed by atoms with Gasteiger partial charge in [-0.2, -0.15) is 5.10 Å². The summed E-state index contributed by atoms with van der Waals surface area (Å²) in [6.45, 7) is 1.35. The Labute approximate surface area is 128 Å². The summed E-state index contributed by atoms with van der Waals surface area (Å²) in [6.07, 6.45) is 1.78. The largest absolute Gasteiger partial charge is 0.497 e. The van der Waals surface area contributed by atoms with Crippen molar-refractivity contribution in [3.63, 3.8) is 0 Å². The van der Waals surface area contributed by atoms with Gasteiger partial charge in [-0.1, -0.05) is 0 Å². The van der Waals surface area contributed by atoms with Gasteiger partial charge in [0, 0.05) is 30.4 Å². The molecule has 0 fully saturated rings. The predicted molar refractivity (Wildman–Crippen MR) is 87.6 cm³/mol. The molecule has 6 nitrogen and oxygen atoms in total. The third-order valence-corrected chi connectivity index (χ3v) is 3.97.